The fourth-order valence-electron chi connectivity index (χ4n) is 2.64. The lowest BCUT2D eigenvalue weighted by atomic mass is 10.1. The summed E-state index contributed by atoms with van der Waals surface area (Å²) < 4.78 is 32.4. The SMILES string of the molecule is CCNS(=O)(=O)c1cccc(C(=O)NC(C)c2cc3ccccc3o2)c1. The van der Waals surface area contributed by atoms with Crippen LogP contribution in [0.4, 0.5) is 0 Å². The van der Waals surface area contributed by atoms with Crippen LogP contribution >= 0.6 is 0 Å². The molecule has 0 spiro atoms. The molecule has 0 aliphatic carbocycles. The van der Waals surface area contributed by atoms with Crippen LogP contribution in [0.25, 0.3) is 11.0 Å². The Labute approximate surface area is 152 Å². The predicted molar refractivity (Wildman–Crippen MR) is 99.4 cm³/mol. The predicted octanol–water partition coefficient (Wildman–Crippen LogP) is 3.22. The van der Waals surface area contributed by atoms with Gasteiger partial charge >= 0.3 is 0 Å². The average Bonchev–Trinajstić information content (AvgIpc) is 3.06. The maximum Gasteiger partial charge on any atom is 0.251 e. The summed E-state index contributed by atoms with van der Waals surface area (Å²) in [5, 5.41) is 3.80. The number of carbonyl (C=O) groups excluding carboxylic acids is 1. The second-order valence-corrected chi connectivity index (χ2v) is 7.68. The number of hydrogen-bond acceptors (Lipinski definition) is 4. The molecule has 3 aromatic rings. The van der Waals surface area contributed by atoms with E-state index in [-0.39, 0.29) is 29.0 Å². The minimum absolute atomic E-state index is 0.0587. The van der Waals surface area contributed by atoms with Crippen LogP contribution in [0.15, 0.2) is 63.9 Å². The lowest BCUT2D eigenvalue weighted by Gasteiger charge is -2.12. The molecule has 0 saturated carbocycles. The van der Waals surface area contributed by atoms with Gasteiger partial charge in [0.15, 0.2) is 0 Å². The van der Waals surface area contributed by atoms with Gasteiger partial charge in [0.1, 0.15) is 11.3 Å². The van der Waals surface area contributed by atoms with Gasteiger partial charge in [-0.15, -0.1) is 0 Å². The molecule has 1 heterocycles. The van der Waals surface area contributed by atoms with E-state index in [0.29, 0.717) is 5.76 Å². The Morgan fingerprint density at radius 2 is 1.88 bits per heavy atom. The van der Waals surface area contributed by atoms with Crippen molar-refractivity contribution in [1.82, 2.24) is 10.0 Å². The highest BCUT2D eigenvalue weighted by Crippen LogP contribution is 2.24. The van der Waals surface area contributed by atoms with Crippen LogP contribution in [0.2, 0.25) is 0 Å². The number of fused-ring (bicyclic) bond motifs is 1. The molecule has 6 nitrogen and oxygen atoms in total. The van der Waals surface area contributed by atoms with Crippen LogP contribution in [0.1, 0.15) is 36.0 Å². The number of para-hydroxylation sites is 1. The number of rotatable bonds is 6. The number of furan rings is 1. The van der Waals surface area contributed by atoms with Gasteiger partial charge in [-0.1, -0.05) is 31.2 Å². The lowest BCUT2D eigenvalue weighted by Crippen LogP contribution is -2.27. The Kier molecular flexibility index (Phi) is 5.11. The summed E-state index contributed by atoms with van der Waals surface area (Å²) in [5.41, 5.74) is 1.02. The van der Waals surface area contributed by atoms with E-state index in [1.54, 1.807) is 19.1 Å². The second kappa shape index (κ2) is 7.31. The van der Waals surface area contributed by atoms with Gasteiger partial charge in [-0.2, -0.15) is 0 Å². The molecule has 7 heteroatoms. The zero-order chi connectivity index (χ0) is 18.7. The molecule has 2 N–H and O–H groups in total. The van der Waals surface area contributed by atoms with E-state index in [9.17, 15) is 13.2 Å². The second-order valence-electron chi connectivity index (χ2n) is 5.91. The molecule has 0 saturated heterocycles. The largest absolute Gasteiger partial charge is 0.459 e. The van der Waals surface area contributed by atoms with Crippen LogP contribution in [0, 0.1) is 0 Å². The molecule has 26 heavy (non-hydrogen) atoms. The van der Waals surface area contributed by atoms with Gasteiger partial charge in [0.2, 0.25) is 10.0 Å². The van der Waals surface area contributed by atoms with Crippen molar-refractivity contribution in [2.75, 3.05) is 6.54 Å². The quantitative estimate of drug-likeness (QED) is 0.695. The fourth-order valence-corrected chi connectivity index (χ4v) is 3.73. The van der Waals surface area contributed by atoms with Crippen LogP contribution < -0.4 is 10.0 Å². The Morgan fingerprint density at radius 1 is 1.12 bits per heavy atom. The monoisotopic (exact) mass is 372 g/mol. The number of hydrogen-bond donors (Lipinski definition) is 2. The first kappa shape index (κ1) is 18.2. The third kappa shape index (κ3) is 3.79. The third-order valence-electron chi connectivity index (χ3n) is 3.96. The number of amides is 1. The first-order valence-electron chi connectivity index (χ1n) is 8.30. The van der Waals surface area contributed by atoms with Crippen LogP contribution in [0.5, 0.6) is 0 Å². The first-order valence-corrected chi connectivity index (χ1v) is 9.78. The summed E-state index contributed by atoms with van der Waals surface area (Å²) in [6, 6.07) is 15.1. The van der Waals surface area contributed by atoms with Gasteiger partial charge in [0.25, 0.3) is 5.91 Å². The molecule has 0 aliphatic rings. The van der Waals surface area contributed by atoms with Crippen molar-refractivity contribution in [1.29, 1.82) is 0 Å². The molecule has 0 fully saturated rings. The van der Waals surface area contributed by atoms with Crippen molar-refractivity contribution in [3.8, 4) is 0 Å². The number of carbonyl (C=O) groups is 1. The molecule has 3 rings (SSSR count). The van der Waals surface area contributed by atoms with Gasteiger partial charge in [0.05, 0.1) is 10.9 Å². The molecule has 1 unspecified atom stereocenters. The Bertz CT molecular complexity index is 1010. The maximum atomic E-state index is 12.5. The Morgan fingerprint density at radius 3 is 2.62 bits per heavy atom. The van der Waals surface area contributed by atoms with Crippen molar-refractivity contribution < 1.29 is 17.6 Å². The molecule has 136 valence electrons. The minimum atomic E-state index is -3.61. The molecule has 1 aromatic heterocycles. The molecular formula is C19H20N2O4S. The summed E-state index contributed by atoms with van der Waals surface area (Å²) in [6.45, 7) is 3.79. The van der Waals surface area contributed by atoms with Crippen LogP contribution in [-0.2, 0) is 10.0 Å². The van der Waals surface area contributed by atoms with Crippen molar-refractivity contribution in [2.45, 2.75) is 24.8 Å². The van der Waals surface area contributed by atoms with E-state index in [1.807, 2.05) is 37.3 Å². The first-order chi connectivity index (χ1) is 12.4. The van der Waals surface area contributed by atoms with E-state index in [4.69, 9.17) is 4.42 Å². The summed E-state index contributed by atoms with van der Waals surface area (Å²) in [7, 11) is -3.61. The smallest absolute Gasteiger partial charge is 0.251 e. The van der Waals surface area contributed by atoms with Gasteiger partial charge in [-0.05, 0) is 37.3 Å². The van der Waals surface area contributed by atoms with Gasteiger partial charge in [-0.25, -0.2) is 13.1 Å². The summed E-state index contributed by atoms with van der Waals surface area (Å²) >= 11 is 0. The zero-order valence-electron chi connectivity index (χ0n) is 14.5. The van der Waals surface area contributed by atoms with Gasteiger partial charge in [0, 0.05) is 17.5 Å². The highest BCUT2D eigenvalue weighted by atomic mass is 32.2. The molecular weight excluding hydrogens is 352 g/mol. The fraction of sp³-hybridized carbons (Fsp3) is 0.211. The van der Waals surface area contributed by atoms with E-state index < -0.39 is 10.0 Å². The summed E-state index contributed by atoms with van der Waals surface area (Å²) in [6.07, 6.45) is 0. The molecule has 1 amide bonds. The van der Waals surface area contributed by atoms with E-state index in [0.717, 1.165) is 11.0 Å². The Hall–Kier alpha value is -2.64. The normalized spacial score (nSPS) is 12.8. The summed E-state index contributed by atoms with van der Waals surface area (Å²) in [4.78, 5) is 12.6. The standard InChI is InChI=1S/C19H20N2O4S/c1-3-20-26(23,24)16-9-6-8-15(11-16)19(22)21-13(2)18-12-14-7-4-5-10-17(14)25-18/h4-13,20H,3H2,1-2H3,(H,21,22). The van der Waals surface area contributed by atoms with Crippen LogP contribution in [0.3, 0.4) is 0 Å². The highest BCUT2D eigenvalue weighted by Gasteiger charge is 2.18. The molecule has 0 aliphatic heterocycles. The molecule has 2 aromatic carbocycles. The minimum Gasteiger partial charge on any atom is -0.459 e. The number of sulfonamides is 1. The van der Waals surface area contributed by atoms with E-state index in [2.05, 4.69) is 10.0 Å². The molecule has 1 atom stereocenters. The highest BCUT2D eigenvalue weighted by molar-refractivity contribution is 7.89. The molecule has 0 radical (unpaired) electrons. The molecule has 0 bridgehead atoms. The van der Waals surface area contributed by atoms with Crippen LogP contribution in [-0.4, -0.2) is 20.9 Å². The van der Waals surface area contributed by atoms with Gasteiger partial charge < -0.3 is 9.73 Å². The van der Waals surface area contributed by atoms with Gasteiger partial charge in [-0.3, -0.25) is 4.79 Å². The topological polar surface area (TPSA) is 88.4 Å². The lowest BCUT2D eigenvalue weighted by molar-refractivity contribution is 0.0935. The zero-order valence-corrected chi connectivity index (χ0v) is 15.3. The van der Waals surface area contributed by atoms with E-state index >= 15 is 0 Å². The number of nitrogens with one attached hydrogen (secondary N) is 2. The van der Waals surface area contributed by atoms with E-state index in [1.165, 1.54) is 12.1 Å². The third-order valence-corrected chi connectivity index (χ3v) is 5.50. The van der Waals surface area contributed by atoms with Crippen molar-refractivity contribution in [3.05, 3.63) is 65.9 Å². The van der Waals surface area contributed by atoms with Crippen molar-refractivity contribution >= 4 is 26.9 Å². The van der Waals surface area contributed by atoms with Crippen molar-refractivity contribution in [3.63, 3.8) is 0 Å². The number of benzene rings is 2. The van der Waals surface area contributed by atoms with Crippen molar-refractivity contribution in [2.24, 2.45) is 0 Å². The maximum absolute atomic E-state index is 12.5. The Balaban J connectivity index is 1.79. The average molecular weight is 372 g/mol. The summed E-state index contributed by atoms with van der Waals surface area (Å²) in [5.74, 6) is 0.266.